The third kappa shape index (κ3) is 2.12. The number of esters is 1. The second-order valence-corrected chi connectivity index (χ2v) is 6.05. The van der Waals surface area contributed by atoms with Crippen molar-refractivity contribution in [3.63, 3.8) is 0 Å². The summed E-state index contributed by atoms with van der Waals surface area (Å²) in [6.07, 6.45) is 1.25. The van der Waals surface area contributed by atoms with Gasteiger partial charge < -0.3 is 10.5 Å². The number of rotatable bonds is 1. The predicted octanol–water partition coefficient (Wildman–Crippen LogP) is 1.11. The van der Waals surface area contributed by atoms with Crippen molar-refractivity contribution >= 4 is 23.5 Å². The number of halogens is 1. The largest absolute Gasteiger partial charge is 0.455 e. The van der Waals surface area contributed by atoms with E-state index in [9.17, 15) is 9.59 Å². The summed E-state index contributed by atoms with van der Waals surface area (Å²) in [4.78, 5) is 25.2. The average molecular weight is 273 g/mol. The Morgan fingerprint density at radius 3 is 2.67 bits per heavy atom. The molecule has 2 aliphatic rings. The highest BCUT2D eigenvalue weighted by atomic mass is 35.5. The molecule has 0 saturated carbocycles. The normalized spacial score (nSPS) is 27.8. The number of carbonyl (C=O) groups excluding carboxylic acids is 2. The van der Waals surface area contributed by atoms with Crippen LogP contribution >= 0.6 is 11.6 Å². The smallest absolute Gasteiger partial charge is 0.356 e. The Balaban J connectivity index is 2.25. The van der Waals surface area contributed by atoms with Crippen molar-refractivity contribution in [2.75, 3.05) is 0 Å². The Morgan fingerprint density at radius 2 is 2.11 bits per heavy atom. The zero-order valence-corrected chi connectivity index (χ0v) is 11.5. The first kappa shape index (κ1) is 13.4. The molecule has 6 heteroatoms. The lowest BCUT2D eigenvalue weighted by Gasteiger charge is -2.48. The van der Waals surface area contributed by atoms with Gasteiger partial charge in [0.2, 0.25) is 5.91 Å². The number of carbonyl (C=O) groups is 2. The summed E-state index contributed by atoms with van der Waals surface area (Å²) in [5, 5.41) is 0.376. The standard InChI is InChI=1S/C12H17ClN2O3/c1-12(2,3)18-11(17)9-6(13)4-5-7-8(14)10(16)15(7)9/h7-8H,4-5,14H2,1-3H3/t7-,8-/m0/s1. The van der Waals surface area contributed by atoms with Crippen LogP contribution in [-0.4, -0.2) is 34.5 Å². The van der Waals surface area contributed by atoms with Crippen LogP contribution in [0.15, 0.2) is 10.7 Å². The van der Waals surface area contributed by atoms with Gasteiger partial charge in [0.1, 0.15) is 17.3 Å². The fourth-order valence-corrected chi connectivity index (χ4v) is 2.49. The van der Waals surface area contributed by atoms with E-state index in [1.165, 1.54) is 4.90 Å². The quantitative estimate of drug-likeness (QED) is 0.573. The summed E-state index contributed by atoms with van der Waals surface area (Å²) in [6.45, 7) is 5.30. The molecular formula is C12H17ClN2O3. The van der Waals surface area contributed by atoms with Gasteiger partial charge >= 0.3 is 5.97 Å². The number of ether oxygens (including phenoxy) is 1. The van der Waals surface area contributed by atoms with E-state index in [1.807, 2.05) is 0 Å². The first-order chi connectivity index (χ1) is 8.22. The number of amides is 1. The van der Waals surface area contributed by atoms with E-state index in [0.717, 1.165) is 0 Å². The molecule has 2 N–H and O–H groups in total. The van der Waals surface area contributed by atoms with Crippen molar-refractivity contribution in [1.82, 2.24) is 4.90 Å². The van der Waals surface area contributed by atoms with Crippen LogP contribution in [-0.2, 0) is 14.3 Å². The third-order valence-corrected chi connectivity index (χ3v) is 3.39. The molecule has 100 valence electrons. The van der Waals surface area contributed by atoms with Crippen LogP contribution < -0.4 is 5.73 Å². The molecule has 18 heavy (non-hydrogen) atoms. The van der Waals surface area contributed by atoms with Crippen molar-refractivity contribution in [2.24, 2.45) is 5.73 Å². The van der Waals surface area contributed by atoms with Crippen LogP contribution in [0.3, 0.4) is 0 Å². The van der Waals surface area contributed by atoms with Gasteiger partial charge in [0, 0.05) is 5.03 Å². The molecule has 2 atom stereocenters. The molecule has 0 aliphatic carbocycles. The second kappa shape index (κ2) is 4.24. The van der Waals surface area contributed by atoms with Gasteiger partial charge in [0.25, 0.3) is 0 Å². The Morgan fingerprint density at radius 1 is 1.50 bits per heavy atom. The van der Waals surface area contributed by atoms with Gasteiger partial charge in [-0.15, -0.1) is 0 Å². The lowest BCUT2D eigenvalue weighted by molar-refractivity contribution is -0.160. The first-order valence-electron chi connectivity index (χ1n) is 5.93. The molecule has 2 rings (SSSR count). The first-order valence-corrected chi connectivity index (χ1v) is 6.31. The van der Waals surface area contributed by atoms with Crippen molar-refractivity contribution in [1.29, 1.82) is 0 Å². The van der Waals surface area contributed by atoms with E-state index < -0.39 is 17.6 Å². The number of fused-ring (bicyclic) bond motifs is 1. The highest BCUT2D eigenvalue weighted by Gasteiger charge is 2.51. The molecule has 0 radical (unpaired) electrons. The monoisotopic (exact) mass is 272 g/mol. The number of nitrogens with two attached hydrogens (primary N) is 1. The fourth-order valence-electron chi connectivity index (χ4n) is 2.21. The van der Waals surface area contributed by atoms with Crippen LogP contribution in [0.25, 0.3) is 0 Å². The number of allylic oxidation sites excluding steroid dienone is 1. The number of nitrogens with zero attached hydrogens (tertiary/aromatic N) is 1. The van der Waals surface area contributed by atoms with Crippen LogP contribution in [0.2, 0.25) is 0 Å². The minimum Gasteiger partial charge on any atom is -0.455 e. The highest BCUT2D eigenvalue weighted by molar-refractivity contribution is 6.32. The molecule has 0 bridgehead atoms. The minimum atomic E-state index is -0.621. The molecular weight excluding hydrogens is 256 g/mol. The summed E-state index contributed by atoms with van der Waals surface area (Å²) in [6, 6.07) is -0.644. The van der Waals surface area contributed by atoms with E-state index in [2.05, 4.69) is 0 Å². The van der Waals surface area contributed by atoms with Crippen LogP contribution in [0.5, 0.6) is 0 Å². The summed E-state index contributed by atoms with van der Waals surface area (Å²) in [5.74, 6) is -0.823. The van der Waals surface area contributed by atoms with E-state index in [4.69, 9.17) is 22.1 Å². The topological polar surface area (TPSA) is 72.6 Å². The molecule has 0 aromatic carbocycles. The molecule has 1 fully saturated rings. The zero-order chi connectivity index (χ0) is 13.7. The van der Waals surface area contributed by atoms with Gasteiger partial charge in [-0.25, -0.2) is 4.79 Å². The second-order valence-electron chi connectivity index (χ2n) is 5.60. The van der Waals surface area contributed by atoms with Gasteiger partial charge in [-0.1, -0.05) is 11.6 Å². The lowest BCUT2D eigenvalue weighted by atomic mass is 9.87. The predicted molar refractivity (Wildman–Crippen MR) is 66.6 cm³/mol. The Kier molecular flexibility index (Phi) is 3.15. The van der Waals surface area contributed by atoms with Crippen molar-refractivity contribution in [3.05, 3.63) is 10.7 Å². The van der Waals surface area contributed by atoms with Gasteiger partial charge in [0.15, 0.2) is 0 Å². The fraction of sp³-hybridized carbons (Fsp3) is 0.667. The van der Waals surface area contributed by atoms with E-state index in [-0.39, 0.29) is 17.6 Å². The number of hydrogen-bond donors (Lipinski definition) is 1. The van der Waals surface area contributed by atoms with Crippen LogP contribution in [0.4, 0.5) is 0 Å². The zero-order valence-electron chi connectivity index (χ0n) is 10.7. The molecule has 0 aromatic heterocycles. The van der Waals surface area contributed by atoms with Crippen molar-refractivity contribution < 1.29 is 14.3 Å². The Hall–Kier alpha value is -1.07. The molecule has 1 amide bonds. The summed E-state index contributed by atoms with van der Waals surface area (Å²) in [5.41, 5.74) is 5.24. The van der Waals surface area contributed by atoms with Gasteiger partial charge in [0.05, 0.1) is 6.04 Å². The molecule has 2 heterocycles. The Labute approximate surface area is 111 Å². The van der Waals surface area contributed by atoms with Crippen LogP contribution in [0, 0.1) is 0 Å². The molecule has 1 saturated heterocycles. The number of β-lactam (4-membered cyclic amide) rings is 1. The van der Waals surface area contributed by atoms with Crippen molar-refractivity contribution in [3.8, 4) is 0 Å². The molecule has 0 aromatic rings. The molecule has 0 spiro atoms. The maximum absolute atomic E-state index is 12.1. The molecule has 0 unspecified atom stereocenters. The average Bonchev–Trinajstić information content (AvgIpc) is 2.25. The minimum absolute atomic E-state index is 0.123. The summed E-state index contributed by atoms with van der Waals surface area (Å²) >= 11 is 6.06. The van der Waals surface area contributed by atoms with Gasteiger partial charge in [-0.2, -0.15) is 0 Å². The molecule has 2 aliphatic heterocycles. The van der Waals surface area contributed by atoms with Crippen LogP contribution in [0.1, 0.15) is 33.6 Å². The summed E-state index contributed by atoms with van der Waals surface area (Å²) in [7, 11) is 0. The summed E-state index contributed by atoms with van der Waals surface area (Å²) < 4.78 is 5.27. The maximum Gasteiger partial charge on any atom is 0.356 e. The molecule has 5 nitrogen and oxygen atoms in total. The van der Waals surface area contributed by atoms with E-state index >= 15 is 0 Å². The Bertz CT molecular complexity index is 439. The maximum atomic E-state index is 12.1. The van der Waals surface area contributed by atoms with Gasteiger partial charge in [-0.05, 0) is 33.6 Å². The SMILES string of the molecule is CC(C)(C)OC(=O)C1=C(Cl)CC[C@H]2[C@H](N)C(=O)N12. The lowest BCUT2D eigenvalue weighted by Crippen LogP contribution is -2.69. The highest BCUT2D eigenvalue weighted by Crippen LogP contribution is 2.38. The van der Waals surface area contributed by atoms with E-state index in [1.54, 1.807) is 20.8 Å². The van der Waals surface area contributed by atoms with Crippen molar-refractivity contribution in [2.45, 2.75) is 51.3 Å². The van der Waals surface area contributed by atoms with Gasteiger partial charge in [-0.3, -0.25) is 9.69 Å². The van der Waals surface area contributed by atoms with E-state index in [0.29, 0.717) is 17.9 Å². The third-order valence-electron chi connectivity index (χ3n) is 3.02. The number of hydrogen-bond acceptors (Lipinski definition) is 4.